The zero-order valence-corrected chi connectivity index (χ0v) is 12.9. The van der Waals surface area contributed by atoms with Gasteiger partial charge in [0.1, 0.15) is 6.54 Å². The Labute approximate surface area is 119 Å². The summed E-state index contributed by atoms with van der Waals surface area (Å²) in [6, 6.07) is -0.458. The molecule has 0 saturated heterocycles. The summed E-state index contributed by atoms with van der Waals surface area (Å²) in [5, 5.41) is 11.5. The summed E-state index contributed by atoms with van der Waals surface area (Å²) in [4.78, 5) is 37.4. The minimum Gasteiger partial charge on any atom is -0.481 e. The maximum atomic E-state index is 11.8. The predicted octanol–water partition coefficient (Wildman–Crippen LogP) is 0.607. The van der Waals surface area contributed by atoms with Crippen molar-refractivity contribution in [1.82, 2.24) is 15.1 Å². The molecule has 0 aromatic heterocycles. The number of nitrogens with one attached hydrogen (secondary N) is 1. The number of amides is 3. The number of urea groups is 1. The Morgan fingerprint density at radius 3 is 2.05 bits per heavy atom. The molecule has 0 aliphatic rings. The lowest BCUT2D eigenvalue weighted by molar-refractivity contribution is -0.146. The van der Waals surface area contributed by atoms with E-state index in [0.29, 0.717) is 13.1 Å². The van der Waals surface area contributed by atoms with Crippen LogP contribution in [0.15, 0.2) is 0 Å². The Morgan fingerprint density at radius 2 is 1.65 bits per heavy atom. The van der Waals surface area contributed by atoms with E-state index >= 15 is 0 Å². The highest BCUT2D eigenvalue weighted by Crippen LogP contribution is 2.13. The molecule has 0 rings (SSSR count). The van der Waals surface area contributed by atoms with Gasteiger partial charge < -0.3 is 20.2 Å². The van der Waals surface area contributed by atoms with Gasteiger partial charge in [-0.05, 0) is 27.7 Å². The van der Waals surface area contributed by atoms with Crippen molar-refractivity contribution in [3.8, 4) is 0 Å². The van der Waals surface area contributed by atoms with E-state index in [1.54, 1.807) is 4.90 Å². The molecule has 0 aromatic carbocycles. The van der Waals surface area contributed by atoms with E-state index in [9.17, 15) is 14.4 Å². The number of aliphatic carboxylic acids is 1. The lowest BCUT2D eigenvalue weighted by atomic mass is 9.94. The Hall–Kier alpha value is -1.79. The first kappa shape index (κ1) is 18.2. The average molecular weight is 287 g/mol. The maximum absolute atomic E-state index is 11.8. The summed E-state index contributed by atoms with van der Waals surface area (Å²) >= 11 is 0. The summed E-state index contributed by atoms with van der Waals surface area (Å²) < 4.78 is 0. The fourth-order valence-electron chi connectivity index (χ4n) is 1.46. The van der Waals surface area contributed by atoms with E-state index in [2.05, 4.69) is 5.32 Å². The van der Waals surface area contributed by atoms with E-state index in [1.807, 2.05) is 13.8 Å². The molecule has 0 bridgehead atoms. The van der Waals surface area contributed by atoms with Crippen molar-refractivity contribution in [1.29, 1.82) is 0 Å². The van der Waals surface area contributed by atoms with Crippen LogP contribution in [0.5, 0.6) is 0 Å². The highest BCUT2D eigenvalue weighted by molar-refractivity contribution is 5.84. The van der Waals surface area contributed by atoms with Crippen molar-refractivity contribution in [2.45, 2.75) is 27.7 Å². The van der Waals surface area contributed by atoms with Crippen molar-refractivity contribution < 1.29 is 19.5 Å². The Morgan fingerprint density at radius 1 is 1.15 bits per heavy atom. The average Bonchev–Trinajstić information content (AvgIpc) is 2.37. The molecule has 0 spiro atoms. The molecule has 0 heterocycles. The van der Waals surface area contributed by atoms with Crippen LogP contribution in [0.25, 0.3) is 0 Å². The second-order valence-corrected chi connectivity index (χ2v) is 5.27. The second-order valence-electron chi connectivity index (χ2n) is 5.27. The zero-order valence-electron chi connectivity index (χ0n) is 12.9. The summed E-state index contributed by atoms with van der Waals surface area (Å²) in [5.74, 6) is -1.12. The molecular weight excluding hydrogens is 262 g/mol. The minimum absolute atomic E-state index is 0.00493. The standard InChI is InChI=1S/C13H25N3O4/c1-6-16(7-2)10(17)8-15(5)12(20)14-9-13(3,4)11(18)19/h6-9H2,1-5H3,(H,14,20)(H,18,19). The van der Waals surface area contributed by atoms with Gasteiger partial charge in [-0.15, -0.1) is 0 Å². The molecule has 0 aromatic rings. The molecule has 0 unspecified atom stereocenters. The van der Waals surface area contributed by atoms with Gasteiger partial charge in [-0.25, -0.2) is 4.79 Å². The Bertz CT molecular complexity index is 365. The van der Waals surface area contributed by atoms with Crippen molar-refractivity contribution in [3.05, 3.63) is 0 Å². The normalized spacial score (nSPS) is 10.8. The van der Waals surface area contributed by atoms with E-state index in [1.165, 1.54) is 25.8 Å². The van der Waals surface area contributed by atoms with Crippen LogP contribution < -0.4 is 5.32 Å². The van der Waals surface area contributed by atoms with Crippen LogP contribution >= 0.6 is 0 Å². The smallest absolute Gasteiger partial charge is 0.317 e. The minimum atomic E-state index is -1.04. The number of carboxylic acid groups (broad SMARTS) is 1. The van der Waals surface area contributed by atoms with Gasteiger partial charge in [0.25, 0.3) is 0 Å². The number of carboxylic acids is 1. The van der Waals surface area contributed by atoms with Gasteiger partial charge >= 0.3 is 12.0 Å². The summed E-state index contributed by atoms with van der Waals surface area (Å²) in [5.41, 5.74) is -1.04. The Balaban J connectivity index is 4.36. The van der Waals surface area contributed by atoms with Gasteiger partial charge in [0, 0.05) is 26.7 Å². The molecule has 0 aliphatic heterocycles. The van der Waals surface area contributed by atoms with Crippen LogP contribution in [0.4, 0.5) is 4.79 Å². The highest BCUT2D eigenvalue weighted by atomic mass is 16.4. The summed E-state index contributed by atoms with van der Waals surface area (Å²) in [7, 11) is 1.50. The van der Waals surface area contributed by atoms with Gasteiger partial charge in [0.05, 0.1) is 5.41 Å². The third kappa shape index (κ3) is 5.46. The van der Waals surface area contributed by atoms with Crippen molar-refractivity contribution in [2.24, 2.45) is 5.41 Å². The van der Waals surface area contributed by atoms with Crippen molar-refractivity contribution in [3.63, 3.8) is 0 Å². The molecule has 116 valence electrons. The molecular formula is C13H25N3O4. The first-order valence-corrected chi connectivity index (χ1v) is 6.65. The predicted molar refractivity (Wildman–Crippen MR) is 75.4 cm³/mol. The third-order valence-electron chi connectivity index (χ3n) is 3.10. The lowest BCUT2D eigenvalue weighted by Crippen LogP contribution is -2.47. The van der Waals surface area contributed by atoms with E-state index < -0.39 is 17.4 Å². The van der Waals surface area contributed by atoms with Crippen LogP contribution in [-0.4, -0.2) is 66.0 Å². The van der Waals surface area contributed by atoms with E-state index in [0.717, 1.165) is 0 Å². The van der Waals surface area contributed by atoms with Crippen LogP contribution in [0.1, 0.15) is 27.7 Å². The van der Waals surface area contributed by atoms with Gasteiger partial charge in [0.15, 0.2) is 0 Å². The van der Waals surface area contributed by atoms with Crippen molar-refractivity contribution >= 4 is 17.9 Å². The summed E-state index contributed by atoms with van der Waals surface area (Å²) in [6.07, 6.45) is 0. The Kier molecular flexibility index (Phi) is 7.02. The molecule has 0 saturated carbocycles. The molecule has 20 heavy (non-hydrogen) atoms. The van der Waals surface area contributed by atoms with Gasteiger partial charge in [-0.1, -0.05) is 0 Å². The number of nitrogens with zero attached hydrogens (tertiary/aromatic N) is 2. The van der Waals surface area contributed by atoms with Gasteiger partial charge in [-0.2, -0.15) is 0 Å². The number of rotatable bonds is 7. The molecule has 0 radical (unpaired) electrons. The number of carbonyl (C=O) groups is 3. The lowest BCUT2D eigenvalue weighted by Gasteiger charge is -2.25. The molecule has 3 amide bonds. The van der Waals surface area contributed by atoms with Crippen LogP contribution in [0.3, 0.4) is 0 Å². The quantitative estimate of drug-likeness (QED) is 0.718. The fourth-order valence-corrected chi connectivity index (χ4v) is 1.46. The fraction of sp³-hybridized carbons (Fsp3) is 0.769. The number of hydrogen-bond donors (Lipinski definition) is 2. The number of hydrogen-bond acceptors (Lipinski definition) is 3. The van der Waals surface area contributed by atoms with Gasteiger partial charge in [-0.3, -0.25) is 9.59 Å². The van der Waals surface area contributed by atoms with E-state index in [4.69, 9.17) is 5.11 Å². The van der Waals surface area contributed by atoms with Gasteiger partial charge in [0.2, 0.25) is 5.91 Å². The first-order valence-electron chi connectivity index (χ1n) is 6.65. The molecule has 0 aliphatic carbocycles. The highest BCUT2D eigenvalue weighted by Gasteiger charge is 2.28. The van der Waals surface area contributed by atoms with Crippen LogP contribution in [0.2, 0.25) is 0 Å². The molecule has 7 heteroatoms. The van der Waals surface area contributed by atoms with Crippen molar-refractivity contribution in [2.75, 3.05) is 33.2 Å². The zero-order chi connectivity index (χ0) is 15.9. The second kappa shape index (κ2) is 7.72. The topological polar surface area (TPSA) is 90.0 Å². The van der Waals surface area contributed by atoms with E-state index in [-0.39, 0.29) is 19.0 Å². The molecule has 0 atom stereocenters. The summed E-state index contributed by atoms with van der Waals surface area (Å²) in [6.45, 7) is 7.96. The van der Waals surface area contributed by atoms with Crippen LogP contribution in [0, 0.1) is 5.41 Å². The molecule has 7 nitrogen and oxygen atoms in total. The SMILES string of the molecule is CCN(CC)C(=O)CN(C)C(=O)NCC(C)(C)C(=O)O. The molecule has 2 N–H and O–H groups in total. The first-order chi connectivity index (χ1) is 9.15. The maximum Gasteiger partial charge on any atom is 0.317 e. The van der Waals surface area contributed by atoms with Crippen LogP contribution in [-0.2, 0) is 9.59 Å². The third-order valence-corrected chi connectivity index (χ3v) is 3.10. The number of carbonyl (C=O) groups excluding carboxylic acids is 2. The monoisotopic (exact) mass is 287 g/mol. The largest absolute Gasteiger partial charge is 0.481 e. The number of likely N-dealkylation sites (N-methyl/N-ethyl adjacent to an activating group) is 2. The molecule has 0 fully saturated rings.